The van der Waals surface area contributed by atoms with Crippen molar-refractivity contribution in [1.29, 1.82) is 0 Å². The van der Waals surface area contributed by atoms with Gasteiger partial charge in [0.25, 0.3) is 0 Å². The molecule has 1 heterocycles. The summed E-state index contributed by atoms with van der Waals surface area (Å²) in [5.41, 5.74) is 12.8. The molecule has 0 radical (unpaired) electrons. The van der Waals surface area contributed by atoms with Crippen molar-refractivity contribution in [1.82, 2.24) is 0 Å². The van der Waals surface area contributed by atoms with Crippen LogP contribution in [-0.4, -0.2) is 0 Å². The zero-order chi connectivity index (χ0) is 33.1. The van der Waals surface area contributed by atoms with Gasteiger partial charge in [0, 0.05) is 16.3 Å². The van der Waals surface area contributed by atoms with Gasteiger partial charge in [-0.05, 0) is 95.7 Å². The number of benzene rings is 8. The van der Waals surface area contributed by atoms with Gasteiger partial charge in [0.2, 0.25) is 0 Å². The Hall–Kier alpha value is -5.92. The summed E-state index contributed by atoms with van der Waals surface area (Å²) in [6.45, 7) is 6.89. The van der Waals surface area contributed by atoms with Gasteiger partial charge in [-0.15, -0.1) is 0 Å². The molecular weight excluding hydrogens is 593 g/mol. The number of rotatable bonds is 4. The van der Waals surface area contributed by atoms with E-state index in [1.165, 1.54) is 60.5 Å². The Bertz CT molecular complexity index is 2670. The molecule has 234 valence electrons. The highest BCUT2D eigenvalue weighted by atomic mass is 16.3. The molecule has 0 unspecified atom stereocenters. The van der Waals surface area contributed by atoms with Gasteiger partial charge in [-0.2, -0.15) is 0 Å². The van der Waals surface area contributed by atoms with Crippen molar-refractivity contribution in [2.75, 3.05) is 0 Å². The van der Waals surface area contributed by atoms with Crippen molar-refractivity contribution in [3.63, 3.8) is 0 Å². The molecule has 0 atom stereocenters. The molecule has 1 aromatic heterocycles. The van der Waals surface area contributed by atoms with Crippen molar-refractivity contribution >= 4 is 43.5 Å². The van der Waals surface area contributed by atoms with Crippen molar-refractivity contribution < 1.29 is 4.42 Å². The Kier molecular flexibility index (Phi) is 6.78. The van der Waals surface area contributed by atoms with Crippen LogP contribution in [0.2, 0.25) is 0 Å². The molecule has 0 aliphatic heterocycles. The van der Waals surface area contributed by atoms with Gasteiger partial charge in [0.15, 0.2) is 0 Å². The van der Waals surface area contributed by atoms with Crippen LogP contribution in [-0.2, 0) is 5.41 Å². The van der Waals surface area contributed by atoms with Crippen LogP contribution in [0.15, 0.2) is 168 Å². The summed E-state index contributed by atoms with van der Waals surface area (Å²) >= 11 is 0. The molecule has 0 aliphatic carbocycles. The quantitative estimate of drug-likeness (QED) is 0.177. The molecule has 0 aliphatic rings. The maximum atomic E-state index is 6.43. The summed E-state index contributed by atoms with van der Waals surface area (Å²) in [6, 6.07) is 59.5. The summed E-state index contributed by atoms with van der Waals surface area (Å²) in [5.74, 6) is 0. The van der Waals surface area contributed by atoms with Crippen LogP contribution < -0.4 is 0 Å². The fourth-order valence-corrected chi connectivity index (χ4v) is 7.55. The third kappa shape index (κ3) is 4.93. The first-order valence-corrected chi connectivity index (χ1v) is 17.1. The number of furan rings is 1. The molecule has 49 heavy (non-hydrogen) atoms. The molecule has 1 nitrogen and oxygen atoms in total. The van der Waals surface area contributed by atoms with E-state index in [0.29, 0.717) is 0 Å². The van der Waals surface area contributed by atoms with Crippen molar-refractivity contribution in [2.45, 2.75) is 26.2 Å². The van der Waals surface area contributed by atoms with Crippen LogP contribution in [0.3, 0.4) is 0 Å². The largest absolute Gasteiger partial charge is 0.455 e. The van der Waals surface area contributed by atoms with E-state index in [4.69, 9.17) is 4.42 Å². The van der Waals surface area contributed by atoms with Gasteiger partial charge in [0.05, 0.1) is 0 Å². The number of hydrogen-bond acceptors (Lipinski definition) is 1. The van der Waals surface area contributed by atoms with Gasteiger partial charge in [0.1, 0.15) is 11.2 Å². The first-order valence-electron chi connectivity index (χ1n) is 17.1. The van der Waals surface area contributed by atoms with Crippen molar-refractivity contribution in [3.05, 3.63) is 169 Å². The third-order valence-corrected chi connectivity index (χ3v) is 10.0. The summed E-state index contributed by atoms with van der Waals surface area (Å²) in [6.07, 6.45) is 0. The molecular formula is C48H36O. The van der Waals surface area contributed by atoms with Gasteiger partial charge in [-0.25, -0.2) is 0 Å². The molecule has 8 aromatic carbocycles. The predicted molar refractivity (Wildman–Crippen MR) is 209 cm³/mol. The Balaban J connectivity index is 1.31. The lowest BCUT2D eigenvalue weighted by Gasteiger charge is -2.23. The van der Waals surface area contributed by atoms with E-state index in [-0.39, 0.29) is 5.41 Å². The second-order valence-corrected chi connectivity index (χ2v) is 14.1. The van der Waals surface area contributed by atoms with E-state index in [1.807, 2.05) is 12.1 Å². The monoisotopic (exact) mass is 628 g/mol. The summed E-state index contributed by atoms with van der Waals surface area (Å²) < 4.78 is 6.43. The average Bonchev–Trinajstić information content (AvgIpc) is 3.53. The lowest BCUT2D eigenvalue weighted by Crippen LogP contribution is -2.10. The normalized spacial score (nSPS) is 12.0. The first kappa shape index (κ1) is 29.2. The van der Waals surface area contributed by atoms with Crippen LogP contribution in [0.4, 0.5) is 0 Å². The topological polar surface area (TPSA) is 13.1 Å². The number of hydrogen-bond donors (Lipinski definition) is 0. The van der Waals surface area contributed by atoms with Gasteiger partial charge >= 0.3 is 0 Å². The highest BCUT2D eigenvalue weighted by molar-refractivity contribution is 6.22. The van der Waals surface area contributed by atoms with Gasteiger partial charge in [-0.3, -0.25) is 0 Å². The molecule has 9 rings (SSSR count). The first-order chi connectivity index (χ1) is 23.9. The highest BCUT2D eigenvalue weighted by Gasteiger charge is 2.21. The van der Waals surface area contributed by atoms with Crippen LogP contribution >= 0.6 is 0 Å². The van der Waals surface area contributed by atoms with E-state index in [9.17, 15) is 0 Å². The SMILES string of the molecule is CC(C)(C)c1ccc2c(-c3ccccc3)c3cc(-c4cccc(-c5cccc6c5oc5ccccc56)c4)ccc3c(-c3ccccc3)c2c1. The Labute approximate surface area is 287 Å². The van der Waals surface area contributed by atoms with Crippen molar-refractivity contribution in [3.8, 4) is 44.5 Å². The van der Waals surface area contributed by atoms with Crippen molar-refractivity contribution in [2.24, 2.45) is 0 Å². The maximum Gasteiger partial charge on any atom is 0.143 e. The molecule has 0 fully saturated rings. The van der Waals surface area contributed by atoms with Crippen LogP contribution in [0.1, 0.15) is 26.3 Å². The molecule has 0 spiro atoms. The predicted octanol–water partition coefficient (Wildman–Crippen LogP) is 13.9. The summed E-state index contributed by atoms with van der Waals surface area (Å²) in [7, 11) is 0. The molecule has 0 bridgehead atoms. The van der Waals surface area contributed by atoms with E-state index in [2.05, 4.69) is 172 Å². The van der Waals surface area contributed by atoms with Crippen LogP contribution in [0, 0.1) is 0 Å². The van der Waals surface area contributed by atoms with Crippen LogP contribution in [0.25, 0.3) is 88.0 Å². The minimum absolute atomic E-state index is 0.0333. The molecule has 0 amide bonds. The Morgan fingerprint density at radius 2 is 0.918 bits per heavy atom. The van der Waals surface area contributed by atoms with Gasteiger partial charge < -0.3 is 4.42 Å². The second-order valence-electron chi connectivity index (χ2n) is 14.1. The smallest absolute Gasteiger partial charge is 0.143 e. The number of fused-ring (bicyclic) bond motifs is 5. The second kappa shape index (κ2) is 11.4. The fraction of sp³-hybridized carbons (Fsp3) is 0.0833. The Morgan fingerprint density at radius 3 is 1.63 bits per heavy atom. The molecule has 9 aromatic rings. The minimum atomic E-state index is 0.0333. The molecule has 0 saturated carbocycles. The maximum absolute atomic E-state index is 6.43. The fourth-order valence-electron chi connectivity index (χ4n) is 7.55. The summed E-state index contributed by atoms with van der Waals surface area (Å²) in [5, 5.41) is 7.37. The van der Waals surface area contributed by atoms with Gasteiger partial charge in [-0.1, -0.05) is 160 Å². The average molecular weight is 629 g/mol. The lowest BCUT2D eigenvalue weighted by molar-refractivity contribution is 0.591. The standard InChI is InChI=1S/C48H36O/c1-48(2,3)36-25-27-40-43(30-36)46(32-16-8-5-9-17-32)39-26-24-34(29-42(39)45(40)31-14-6-4-7-15-31)33-18-12-19-35(28-33)37-21-13-22-41-38-20-10-11-23-44(38)49-47(37)41/h4-30H,1-3H3. The zero-order valence-electron chi connectivity index (χ0n) is 28.0. The van der Waals surface area contributed by atoms with E-state index < -0.39 is 0 Å². The van der Waals surface area contributed by atoms with E-state index >= 15 is 0 Å². The third-order valence-electron chi connectivity index (χ3n) is 10.0. The molecule has 0 N–H and O–H groups in total. The lowest BCUT2D eigenvalue weighted by atomic mass is 9.81. The zero-order valence-corrected chi connectivity index (χ0v) is 28.0. The number of para-hydroxylation sites is 2. The molecule has 0 saturated heterocycles. The Morgan fingerprint density at radius 1 is 0.367 bits per heavy atom. The summed E-state index contributed by atoms with van der Waals surface area (Å²) in [4.78, 5) is 0. The van der Waals surface area contributed by atoms with E-state index in [1.54, 1.807) is 0 Å². The molecule has 1 heteroatoms. The van der Waals surface area contributed by atoms with Crippen LogP contribution in [0.5, 0.6) is 0 Å². The highest BCUT2D eigenvalue weighted by Crippen LogP contribution is 2.46. The minimum Gasteiger partial charge on any atom is -0.455 e. The van der Waals surface area contributed by atoms with E-state index in [0.717, 1.165) is 33.1 Å².